The second kappa shape index (κ2) is 7.64. The Morgan fingerprint density at radius 2 is 2.19 bits per heavy atom. The van der Waals surface area contributed by atoms with Crippen molar-refractivity contribution in [2.45, 2.75) is 25.0 Å². The van der Waals surface area contributed by atoms with Gasteiger partial charge in [-0.25, -0.2) is 0 Å². The lowest BCUT2D eigenvalue weighted by molar-refractivity contribution is -0.113. The van der Waals surface area contributed by atoms with Gasteiger partial charge >= 0.3 is 0 Å². The van der Waals surface area contributed by atoms with E-state index in [0.717, 1.165) is 12.1 Å². The number of amides is 1. The molecule has 2 aromatic rings. The summed E-state index contributed by atoms with van der Waals surface area (Å²) < 4.78 is 1.85. The summed E-state index contributed by atoms with van der Waals surface area (Å²) in [4.78, 5) is 11.9. The molecule has 21 heavy (non-hydrogen) atoms. The van der Waals surface area contributed by atoms with Gasteiger partial charge in [-0.3, -0.25) is 4.79 Å². The smallest absolute Gasteiger partial charge is 0.234 e. The SMILES string of the molecule is C=CCn1cnnc1SCC(=O)Nc1ccc(CC)cc1. The molecule has 1 amide bonds. The van der Waals surface area contributed by atoms with E-state index in [9.17, 15) is 4.79 Å². The lowest BCUT2D eigenvalue weighted by atomic mass is 10.1. The van der Waals surface area contributed by atoms with Crippen LogP contribution in [0.5, 0.6) is 0 Å². The Morgan fingerprint density at radius 1 is 1.43 bits per heavy atom. The highest BCUT2D eigenvalue weighted by molar-refractivity contribution is 7.99. The number of hydrogen-bond donors (Lipinski definition) is 1. The number of anilines is 1. The Morgan fingerprint density at radius 3 is 2.86 bits per heavy atom. The van der Waals surface area contributed by atoms with Crippen LogP contribution in [0.2, 0.25) is 0 Å². The maximum atomic E-state index is 11.9. The molecule has 2 rings (SSSR count). The van der Waals surface area contributed by atoms with Crippen molar-refractivity contribution >= 4 is 23.4 Å². The van der Waals surface area contributed by atoms with Crippen LogP contribution in [0.3, 0.4) is 0 Å². The van der Waals surface area contributed by atoms with Crippen molar-refractivity contribution in [3.05, 3.63) is 48.8 Å². The molecule has 0 saturated heterocycles. The number of aryl methyl sites for hydroxylation is 1. The molecule has 1 aromatic heterocycles. The van der Waals surface area contributed by atoms with Crippen LogP contribution >= 0.6 is 11.8 Å². The number of allylic oxidation sites excluding steroid dienone is 1. The summed E-state index contributed by atoms with van der Waals surface area (Å²) in [7, 11) is 0. The monoisotopic (exact) mass is 302 g/mol. The largest absolute Gasteiger partial charge is 0.325 e. The molecule has 0 atom stereocenters. The van der Waals surface area contributed by atoms with E-state index < -0.39 is 0 Å². The molecular weight excluding hydrogens is 284 g/mol. The fourth-order valence-corrected chi connectivity index (χ4v) is 2.50. The van der Waals surface area contributed by atoms with Gasteiger partial charge in [0.15, 0.2) is 5.16 Å². The average molecular weight is 302 g/mol. The average Bonchev–Trinajstić information content (AvgIpc) is 2.94. The van der Waals surface area contributed by atoms with Crippen LogP contribution in [-0.2, 0) is 17.8 Å². The third kappa shape index (κ3) is 4.46. The lowest BCUT2D eigenvalue weighted by Crippen LogP contribution is -2.14. The summed E-state index contributed by atoms with van der Waals surface area (Å²) in [6, 6.07) is 7.87. The van der Waals surface area contributed by atoms with E-state index in [0.29, 0.717) is 17.5 Å². The van der Waals surface area contributed by atoms with Gasteiger partial charge in [-0.2, -0.15) is 0 Å². The predicted molar refractivity (Wildman–Crippen MR) is 85.4 cm³/mol. The number of nitrogens with zero attached hydrogens (tertiary/aromatic N) is 3. The quantitative estimate of drug-likeness (QED) is 0.631. The summed E-state index contributed by atoms with van der Waals surface area (Å²) in [6.45, 7) is 6.41. The molecule has 0 aliphatic carbocycles. The molecule has 5 nitrogen and oxygen atoms in total. The number of thioether (sulfide) groups is 1. The van der Waals surface area contributed by atoms with Gasteiger partial charge in [-0.1, -0.05) is 36.9 Å². The second-order valence-electron chi connectivity index (χ2n) is 4.44. The van der Waals surface area contributed by atoms with Crippen LogP contribution in [-0.4, -0.2) is 26.4 Å². The summed E-state index contributed by atoms with van der Waals surface area (Å²) in [6.07, 6.45) is 4.39. The van der Waals surface area contributed by atoms with E-state index in [1.165, 1.54) is 17.3 Å². The fraction of sp³-hybridized carbons (Fsp3) is 0.267. The van der Waals surface area contributed by atoms with Gasteiger partial charge in [0.1, 0.15) is 6.33 Å². The van der Waals surface area contributed by atoms with E-state index in [4.69, 9.17) is 0 Å². The van der Waals surface area contributed by atoms with E-state index >= 15 is 0 Å². The van der Waals surface area contributed by atoms with Crippen molar-refractivity contribution in [3.8, 4) is 0 Å². The summed E-state index contributed by atoms with van der Waals surface area (Å²) >= 11 is 1.36. The first-order valence-electron chi connectivity index (χ1n) is 6.73. The zero-order valence-corrected chi connectivity index (χ0v) is 12.8. The van der Waals surface area contributed by atoms with E-state index in [2.05, 4.69) is 29.0 Å². The topological polar surface area (TPSA) is 59.8 Å². The Balaban J connectivity index is 1.86. The second-order valence-corrected chi connectivity index (χ2v) is 5.38. The van der Waals surface area contributed by atoms with Gasteiger partial charge in [0.25, 0.3) is 0 Å². The molecule has 0 bridgehead atoms. The molecule has 0 aliphatic rings. The van der Waals surface area contributed by atoms with E-state index in [1.807, 2.05) is 28.8 Å². The standard InChI is InChI=1S/C15H18N4OS/c1-3-9-19-11-16-18-15(19)21-10-14(20)17-13-7-5-12(4-2)6-8-13/h3,5-8,11H,1,4,9-10H2,2H3,(H,17,20). The number of hydrogen-bond acceptors (Lipinski definition) is 4. The van der Waals surface area contributed by atoms with Gasteiger partial charge in [-0.05, 0) is 24.1 Å². The summed E-state index contributed by atoms with van der Waals surface area (Å²) in [5.41, 5.74) is 2.06. The summed E-state index contributed by atoms with van der Waals surface area (Å²) in [5, 5.41) is 11.4. The Hall–Kier alpha value is -2.08. The van der Waals surface area contributed by atoms with Crippen LogP contribution in [0.15, 0.2) is 48.4 Å². The zero-order valence-electron chi connectivity index (χ0n) is 12.0. The van der Waals surface area contributed by atoms with Gasteiger partial charge < -0.3 is 9.88 Å². The highest BCUT2D eigenvalue weighted by Crippen LogP contribution is 2.16. The Labute approximate surface area is 128 Å². The fourth-order valence-electron chi connectivity index (χ4n) is 1.77. The molecule has 0 saturated carbocycles. The van der Waals surface area contributed by atoms with Crippen molar-refractivity contribution < 1.29 is 4.79 Å². The van der Waals surface area contributed by atoms with Crippen molar-refractivity contribution in [3.63, 3.8) is 0 Å². The highest BCUT2D eigenvalue weighted by Gasteiger charge is 2.08. The molecule has 0 aliphatic heterocycles. The van der Waals surface area contributed by atoms with Gasteiger partial charge in [0.05, 0.1) is 5.75 Å². The first-order valence-corrected chi connectivity index (χ1v) is 7.71. The lowest BCUT2D eigenvalue weighted by Gasteiger charge is -2.06. The van der Waals surface area contributed by atoms with Crippen molar-refractivity contribution in [1.29, 1.82) is 0 Å². The van der Waals surface area contributed by atoms with Gasteiger partial charge in [-0.15, -0.1) is 16.8 Å². The number of benzene rings is 1. The zero-order chi connectivity index (χ0) is 15.1. The maximum Gasteiger partial charge on any atom is 0.234 e. The molecule has 1 aromatic carbocycles. The van der Waals surface area contributed by atoms with E-state index in [1.54, 1.807) is 12.4 Å². The van der Waals surface area contributed by atoms with Gasteiger partial charge in [0, 0.05) is 12.2 Å². The van der Waals surface area contributed by atoms with Crippen LogP contribution in [0.4, 0.5) is 5.69 Å². The molecule has 1 N–H and O–H groups in total. The first-order chi connectivity index (χ1) is 10.2. The van der Waals surface area contributed by atoms with Crippen LogP contribution < -0.4 is 5.32 Å². The van der Waals surface area contributed by atoms with Crippen molar-refractivity contribution in [1.82, 2.24) is 14.8 Å². The van der Waals surface area contributed by atoms with Crippen LogP contribution in [0.1, 0.15) is 12.5 Å². The van der Waals surface area contributed by atoms with Gasteiger partial charge in [0.2, 0.25) is 5.91 Å². The number of nitrogens with one attached hydrogen (secondary N) is 1. The van der Waals surface area contributed by atoms with Crippen molar-refractivity contribution in [2.75, 3.05) is 11.1 Å². The molecule has 0 unspecified atom stereocenters. The number of carbonyl (C=O) groups excluding carboxylic acids is 1. The molecule has 0 spiro atoms. The molecule has 0 radical (unpaired) electrons. The van der Waals surface area contributed by atoms with Crippen LogP contribution in [0.25, 0.3) is 0 Å². The normalized spacial score (nSPS) is 10.3. The third-order valence-corrected chi connectivity index (χ3v) is 3.86. The minimum absolute atomic E-state index is 0.0580. The minimum Gasteiger partial charge on any atom is -0.325 e. The minimum atomic E-state index is -0.0580. The Bertz CT molecular complexity index is 606. The highest BCUT2D eigenvalue weighted by atomic mass is 32.2. The molecule has 1 heterocycles. The summed E-state index contributed by atoms with van der Waals surface area (Å²) in [5.74, 6) is 0.239. The van der Waals surface area contributed by atoms with Crippen molar-refractivity contribution in [2.24, 2.45) is 0 Å². The number of aromatic nitrogens is 3. The van der Waals surface area contributed by atoms with Crippen LogP contribution in [0, 0.1) is 0 Å². The predicted octanol–water partition coefficient (Wildman–Crippen LogP) is 2.76. The Kier molecular flexibility index (Phi) is 5.57. The molecular formula is C15H18N4OS. The maximum absolute atomic E-state index is 11.9. The van der Waals surface area contributed by atoms with E-state index in [-0.39, 0.29) is 5.91 Å². The first kappa shape index (κ1) is 15.3. The molecule has 110 valence electrons. The molecule has 0 fully saturated rings. The molecule has 6 heteroatoms. The number of rotatable bonds is 7. The number of carbonyl (C=O) groups is 1. The third-order valence-electron chi connectivity index (χ3n) is 2.88.